The molecule has 0 aliphatic carbocycles. The molecule has 0 heterocycles. The first kappa shape index (κ1) is 26.0. The third-order valence-electron chi connectivity index (χ3n) is 5.28. The average molecular weight is 484 g/mol. The van der Waals surface area contributed by atoms with Gasteiger partial charge in [0.15, 0.2) is 6.61 Å². The number of benzene rings is 3. The number of aryl methyl sites for hydroxylation is 2. The molecule has 3 aromatic rings. The topological polar surface area (TPSA) is 89.0 Å². The van der Waals surface area contributed by atoms with Crippen LogP contribution in [0.3, 0.4) is 0 Å². The number of amides is 2. The van der Waals surface area contributed by atoms with Gasteiger partial charge >= 0.3 is 0 Å². The molecule has 3 rings (SSSR count). The summed E-state index contributed by atoms with van der Waals surface area (Å²) in [6, 6.07) is 21.5. The standard InChI is InChI=1S/C29H29N3O4/c1-4-17-35-25-15-13-24(14-16-25)19-30-32-29(34)26(18-23-11-6-5-7-12-23)31-27(33)20-36-28-21(2)9-8-10-22(28)3/h1,5-16,19,26H,17-18,20H2,2-3H3,(H,31,33)(H,32,34)/b30-19-/t26-/m1/s1. The number of terminal acetylenes is 1. The van der Waals surface area contributed by atoms with Crippen LogP contribution in [-0.4, -0.2) is 37.3 Å². The molecule has 0 saturated heterocycles. The third-order valence-corrected chi connectivity index (χ3v) is 5.28. The maximum Gasteiger partial charge on any atom is 0.262 e. The minimum atomic E-state index is -0.835. The van der Waals surface area contributed by atoms with Gasteiger partial charge in [0.1, 0.15) is 24.1 Å². The van der Waals surface area contributed by atoms with Crippen LogP contribution in [0.15, 0.2) is 77.9 Å². The van der Waals surface area contributed by atoms with Gasteiger partial charge in [0, 0.05) is 6.42 Å². The average Bonchev–Trinajstić information content (AvgIpc) is 2.88. The van der Waals surface area contributed by atoms with Crippen molar-refractivity contribution in [1.29, 1.82) is 0 Å². The molecule has 1 atom stereocenters. The number of nitrogens with zero attached hydrogens (tertiary/aromatic N) is 1. The van der Waals surface area contributed by atoms with Crippen molar-refractivity contribution in [1.82, 2.24) is 10.7 Å². The summed E-state index contributed by atoms with van der Waals surface area (Å²) >= 11 is 0. The first-order valence-electron chi connectivity index (χ1n) is 11.5. The van der Waals surface area contributed by atoms with Gasteiger partial charge in [-0.3, -0.25) is 9.59 Å². The predicted octanol–water partition coefficient (Wildman–Crippen LogP) is 3.57. The van der Waals surface area contributed by atoms with E-state index in [9.17, 15) is 9.59 Å². The first-order valence-corrected chi connectivity index (χ1v) is 11.5. The lowest BCUT2D eigenvalue weighted by atomic mass is 10.1. The Hall–Kier alpha value is -4.57. The lowest BCUT2D eigenvalue weighted by molar-refractivity contribution is -0.130. The summed E-state index contributed by atoms with van der Waals surface area (Å²) < 4.78 is 11.1. The molecule has 0 spiro atoms. The van der Waals surface area contributed by atoms with Crippen LogP contribution in [0.2, 0.25) is 0 Å². The largest absolute Gasteiger partial charge is 0.483 e. The molecule has 2 N–H and O–H groups in total. The Morgan fingerprint density at radius 3 is 2.33 bits per heavy atom. The summed E-state index contributed by atoms with van der Waals surface area (Å²) in [4.78, 5) is 25.6. The summed E-state index contributed by atoms with van der Waals surface area (Å²) in [5.41, 5.74) is 6.05. The summed E-state index contributed by atoms with van der Waals surface area (Å²) in [6.07, 6.45) is 7.00. The second-order valence-corrected chi connectivity index (χ2v) is 8.12. The zero-order valence-electron chi connectivity index (χ0n) is 20.4. The number of nitrogens with one attached hydrogen (secondary N) is 2. The molecule has 0 aliphatic rings. The van der Waals surface area contributed by atoms with Crippen LogP contribution >= 0.6 is 0 Å². The molecule has 3 aromatic carbocycles. The summed E-state index contributed by atoms with van der Waals surface area (Å²) in [6.45, 7) is 3.82. The first-order chi connectivity index (χ1) is 17.5. The highest BCUT2D eigenvalue weighted by molar-refractivity contribution is 5.89. The maximum atomic E-state index is 12.9. The Morgan fingerprint density at radius 1 is 0.972 bits per heavy atom. The quantitative estimate of drug-likeness (QED) is 0.248. The number of hydrogen-bond acceptors (Lipinski definition) is 5. The van der Waals surface area contributed by atoms with Crippen LogP contribution in [0.25, 0.3) is 0 Å². The summed E-state index contributed by atoms with van der Waals surface area (Å²) in [5, 5.41) is 6.81. The molecule has 0 saturated carbocycles. The number of carbonyl (C=O) groups is 2. The van der Waals surface area contributed by atoms with Crippen LogP contribution < -0.4 is 20.2 Å². The van der Waals surface area contributed by atoms with E-state index in [0.717, 1.165) is 22.3 Å². The van der Waals surface area contributed by atoms with E-state index in [1.54, 1.807) is 24.3 Å². The minimum absolute atomic E-state index is 0.188. The highest BCUT2D eigenvalue weighted by Crippen LogP contribution is 2.22. The van der Waals surface area contributed by atoms with Crippen molar-refractivity contribution >= 4 is 18.0 Å². The highest BCUT2D eigenvalue weighted by Gasteiger charge is 2.21. The van der Waals surface area contributed by atoms with Crippen LogP contribution in [0, 0.1) is 26.2 Å². The van der Waals surface area contributed by atoms with Crippen LogP contribution in [0.4, 0.5) is 0 Å². The van der Waals surface area contributed by atoms with Gasteiger partial charge in [0.05, 0.1) is 6.21 Å². The summed E-state index contributed by atoms with van der Waals surface area (Å²) in [7, 11) is 0. The number of rotatable bonds is 11. The van der Waals surface area contributed by atoms with E-state index in [1.165, 1.54) is 6.21 Å². The molecule has 7 nitrogen and oxygen atoms in total. The monoisotopic (exact) mass is 483 g/mol. The molecule has 36 heavy (non-hydrogen) atoms. The Kier molecular flexibility index (Phi) is 9.66. The fourth-order valence-electron chi connectivity index (χ4n) is 3.48. The number of hydrogen-bond donors (Lipinski definition) is 2. The third kappa shape index (κ3) is 8.03. The van der Waals surface area contributed by atoms with E-state index in [-0.39, 0.29) is 13.2 Å². The molecule has 7 heteroatoms. The van der Waals surface area contributed by atoms with Crippen molar-refractivity contribution < 1.29 is 19.1 Å². The van der Waals surface area contributed by atoms with Crippen molar-refractivity contribution in [3.63, 3.8) is 0 Å². The fraction of sp³-hybridized carbons (Fsp3) is 0.207. The molecule has 0 aliphatic heterocycles. The maximum absolute atomic E-state index is 12.9. The molecular weight excluding hydrogens is 454 g/mol. The molecule has 0 radical (unpaired) electrons. The van der Waals surface area contributed by atoms with Gasteiger partial charge in [-0.15, -0.1) is 6.42 Å². The van der Waals surface area contributed by atoms with Crippen molar-refractivity contribution in [2.24, 2.45) is 5.10 Å². The van der Waals surface area contributed by atoms with Crippen molar-refractivity contribution in [3.05, 3.63) is 95.1 Å². The normalized spacial score (nSPS) is 11.4. The molecular formula is C29H29N3O4. The van der Waals surface area contributed by atoms with E-state index in [2.05, 4.69) is 21.8 Å². The van der Waals surface area contributed by atoms with Gasteiger partial charge < -0.3 is 14.8 Å². The zero-order chi connectivity index (χ0) is 25.8. The van der Waals surface area contributed by atoms with Gasteiger partial charge in [0.25, 0.3) is 11.8 Å². The number of ether oxygens (including phenoxy) is 2. The molecule has 2 amide bonds. The van der Waals surface area contributed by atoms with Crippen LogP contribution in [0.1, 0.15) is 22.3 Å². The van der Waals surface area contributed by atoms with Crippen molar-refractivity contribution in [2.75, 3.05) is 13.2 Å². The summed E-state index contributed by atoms with van der Waals surface area (Å²) in [5.74, 6) is 2.87. The van der Waals surface area contributed by atoms with E-state index in [4.69, 9.17) is 15.9 Å². The smallest absolute Gasteiger partial charge is 0.262 e. The van der Waals surface area contributed by atoms with Gasteiger partial charge in [0.2, 0.25) is 0 Å². The zero-order valence-corrected chi connectivity index (χ0v) is 20.4. The molecule has 0 aromatic heterocycles. The van der Waals surface area contributed by atoms with E-state index < -0.39 is 17.9 Å². The second kappa shape index (κ2) is 13.4. The van der Waals surface area contributed by atoms with Crippen molar-refractivity contribution in [2.45, 2.75) is 26.3 Å². The number of para-hydroxylation sites is 1. The van der Waals surface area contributed by atoms with E-state index in [0.29, 0.717) is 17.9 Å². The predicted molar refractivity (Wildman–Crippen MR) is 140 cm³/mol. The Bertz CT molecular complexity index is 1210. The van der Waals surface area contributed by atoms with Gasteiger partial charge in [-0.05, 0) is 60.4 Å². The Balaban J connectivity index is 1.62. The minimum Gasteiger partial charge on any atom is -0.483 e. The van der Waals surface area contributed by atoms with Crippen LogP contribution in [0.5, 0.6) is 11.5 Å². The Labute approximate surface area is 211 Å². The SMILES string of the molecule is C#CCOc1ccc(/C=N\NC(=O)[C@@H](Cc2ccccc2)NC(=O)COc2c(C)cccc2C)cc1. The van der Waals surface area contributed by atoms with Gasteiger partial charge in [-0.1, -0.05) is 54.5 Å². The number of carbonyl (C=O) groups excluding carboxylic acids is 2. The molecule has 184 valence electrons. The second-order valence-electron chi connectivity index (χ2n) is 8.12. The molecule has 0 fully saturated rings. The molecule has 0 unspecified atom stereocenters. The van der Waals surface area contributed by atoms with E-state index in [1.807, 2.05) is 62.4 Å². The highest BCUT2D eigenvalue weighted by atomic mass is 16.5. The number of hydrazone groups is 1. The molecule has 0 bridgehead atoms. The fourth-order valence-corrected chi connectivity index (χ4v) is 3.48. The van der Waals surface area contributed by atoms with Gasteiger partial charge in [-0.25, -0.2) is 5.43 Å². The van der Waals surface area contributed by atoms with E-state index >= 15 is 0 Å². The Morgan fingerprint density at radius 2 is 1.67 bits per heavy atom. The van der Waals surface area contributed by atoms with Crippen LogP contribution in [-0.2, 0) is 16.0 Å². The van der Waals surface area contributed by atoms with Gasteiger partial charge in [-0.2, -0.15) is 5.10 Å². The lowest BCUT2D eigenvalue weighted by Gasteiger charge is -2.18. The lowest BCUT2D eigenvalue weighted by Crippen LogP contribution is -2.48. The van der Waals surface area contributed by atoms with Crippen molar-refractivity contribution in [3.8, 4) is 23.8 Å².